The van der Waals surface area contributed by atoms with Crippen molar-refractivity contribution < 1.29 is 22.7 Å². The zero-order valence-electron chi connectivity index (χ0n) is 24.1. The number of sulfonamides is 1. The van der Waals surface area contributed by atoms with Crippen molar-refractivity contribution >= 4 is 33.2 Å². The summed E-state index contributed by atoms with van der Waals surface area (Å²) in [5, 5.41) is 0.541. The van der Waals surface area contributed by atoms with Crippen molar-refractivity contribution in [3.8, 4) is 5.75 Å². The van der Waals surface area contributed by atoms with Gasteiger partial charge in [0, 0.05) is 11.4 Å². The molecule has 41 heavy (non-hydrogen) atoms. The SMILES string of the molecule is COc1ccc(C2(C(=O)N(CCCc3cccc(C)c3)Cc3nc(C(=O)NS(=O)(=O)C(C)(C)N)c(C)s3)CC2)nc1. The summed E-state index contributed by atoms with van der Waals surface area (Å²) in [6.07, 6.45) is 4.55. The molecule has 1 aliphatic rings. The van der Waals surface area contributed by atoms with Gasteiger partial charge in [0.15, 0.2) is 0 Å². The van der Waals surface area contributed by atoms with Crippen LogP contribution in [0.5, 0.6) is 5.75 Å². The van der Waals surface area contributed by atoms with Crippen LogP contribution in [0.1, 0.15) is 70.3 Å². The Kier molecular flexibility index (Phi) is 8.86. The number of benzene rings is 1. The zero-order valence-corrected chi connectivity index (χ0v) is 25.7. The summed E-state index contributed by atoms with van der Waals surface area (Å²) in [5.41, 5.74) is 8.10. The average molecular weight is 600 g/mol. The number of hydrogen-bond acceptors (Lipinski definition) is 9. The topological polar surface area (TPSA) is 145 Å². The molecule has 1 aliphatic carbocycles. The molecule has 1 aromatic carbocycles. The van der Waals surface area contributed by atoms with E-state index in [1.165, 1.54) is 36.3 Å². The summed E-state index contributed by atoms with van der Waals surface area (Å²) in [5.74, 6) is -0.260. The highest BCUT2D eigenvalue weighted by Crippen LogP contribution is 2.49. The molecule has 2 amide bonds. The molecule has 220 valence electrons. The zero-order chi connectivity index (χ0) is 30.0. The van der Waals surface area contributed by atoms with Gasteiger partial charge in [-0.2, -0.15) is 0 Å². The van der Waals surface area contributed by atoms with Gasteiger partial charge in [0.05, 0.1) is 31.0 Å². The molecule has 12 heteroatoms. The van der Waals surface area contributed by atoms with Crippen molar-refractivity contribution in [2.24, 2.45) is 5.73 Å². The molecule has 0 spiro atoms. The molecule has 0 radical (unpaired) electrons. The van der Waals surface area contributed by atoms with Crippen LogP contribution in [-0.4, -0.2) is 53.6 Å². The molecule has 3 N–H and O–H groups in total. The summed E-state index contributed by atoms with van der Waals surface area (Å²) < 4.78 is 32.1. The van der Waals surface area contributed by atoms with Crippen LogP contribution >= 0.6 is 11.3 Å². The lowest BCUT2D eigenvalue weighted by Gasteiger charge is -2.27. The quantitative estimate of drug-likeness (QED) is 0.321. The van der Waals surface area contributed by atoms with Crippen molar-refractivity contribution in [1.29, 1.82) is 0 Å². The Hall–Kier alpha value is -3.35. The third kappa shape index (κ3) is 6.94. The van der Waals surface area contributed by atoms with E-state index in [0.717, 1.165) is 12.8 Å². The minimum atomic E-state index is -4.11. The van der Waals surface area contributed by atoms with Crippen LogP contribution < -0.4 is 15.2 Å². The first-order valence-corrected chi connectivity index (χ1v) is 15.7. The second-order valence-electron chi connectivity index (χ2n) is 11.0. The van der Waals surface area contributed by atoms with Gasteiger partial charge in [0.25, 0.3) is 15.9 Å². The number of rotatable bonds is 12. The molecular weight excluding hydrogens is 562 g/mol. The van der Waals surface area contributed by atoms with Crippen molar-refractivity contribution in [2.75, 3.05) is 13.7 Å². The van der Waals surface area contributed by atoms with Crippen molar-refractivity contribution in [3.63, 3.8) is 0 Å². The largest absolute Gasteiger partial charge is 0.495 e. The Morgan fingerprint density at radius 1 is 1.20 bits per heavy atom. The van der Waals surface area contributed by atoms with E-state index in [0.29, 0.717) is 40.7 Å². The second-order valence-corrected chi connectivity index (χ2v) is 14.6. The maximum Gasteiger partial charge on any atom is 0.284 e. The Balaban J connectivity index is 1.56. The molecule has 0 aliphatic heterocycles. The van der Waals surface area contributed by atoms with Gasteiger partial charge in [-0.15, -0.1) is 11.3 Å². The molecule has 0 unspecified atom stereocenters. The van der Waals surface area contributed by atoms with Gasteiger partial charge in [-0.3, -0.25) is 14.6 Å². The van der Waals surface area contributed by atoms with Gasteiger partial charge in [0.2, 0.25) is 5.91 Å². The van der Waals surface area contributed by atoms with Gasteiger partial charge in [0.1, 0.15) is 21.3 Å². The fourth-order valence-corrected chi connectivity index (χ4v) is 6.13. The minimum Gasteiger partial charge on any atom is -0.495 e. The van der Waals surface area contributed by atoms with Gasteiger partial charge in [-0.05, 0) is 71.1 Å². The summed E-state index contributed by atoms with van der Waals surface area (Å²) in [4.78, 5) is 36.5. The standard InChI is InChI=1S/C29H37N5O5S2/c1-19-8-6-9-21(16-19)10-7-15-34(27(36)29(13-14-29)23-12-11-22(39-5)17-31-23)18-24-32-25(20(2)40-24)26(35)33-41(37,38)28(3,4)30/h6,8-9,11-12,16-17H,7,10,13-15,18,30H2,1-5H3,(H,33,35). The second kappa shape index (κ2) is 11.9. The molecule has 2 aromatic heterocycles. The predicted octanol–water partition coefficient (Wildman–Crippen LogP) is 3.61. The van der Waals surface area contributed by atoms with Crippen LogP contribution in [-0.2, 0) is 33.2 Å². The lowest BCUT2D eigenvalue weighted by Crippen LogP contribution is -2.50. The van der Waals surface area contributed by atoms with E-state index in [2.05, 4.69) is 35.1 Å². The van der Waals surface area contributed by atoms with Gasteiger partial charge < -0.3 is 15.4 Å². The highest BCUT2D eigenvalue weighted by atomic mass is 32.2. The molecule has 2 heterocycles. The van der Waals surface area contributed by atoms with Crippen LogP contribution in [0.2, 0.25) is 0 Å². The first-order chi connectivity index (χ1) is 19.3. The normalized spacial score (nSPS) is 14.4. The number of aromatic nitrogens is 2. The van der Waals surface area contributed by atoms with Crippen LogP contribution in [0.25, 0.3) is 0 Å². The van der Waals surface area contributed by atoms with Crippen LogP contribution in [0, 0.1) is 13.8 Å². The number of aryl methyl sites for hydroxylation is 3. The van der Waals surface area contributed by atoms with E-state index < -0.39 is 26.2 Å². The molecule has 1 fully saturated rings. The monoisotopic (exact) mass is 599 g/mol. The van der Waals surface area contributed by atoms with Crippen LogP contribution in [0.3, 0.4) is 0 Å². The van der Waals surface area contributed by atoms with Crippen LogP contribution in [0.4, 0.5) is 0 Å². The molecule has 10 nitrogen and oxygen atoms in total. The van der Waals surface area contributed by atoms with Gasteiger partial charge in [-0.25, -0.2) is 18.1 Å². The number of amides is 2. The number of methoxy groups -OCH3 is 1. The Labute approximate surface area is 245 Å². The smallest absolute Gasteiger partial charge is 0.284 e. The van der Waals surface area contributed by atoms with E-state index in [1.807, 2.05) is 22.9 Å². The molecule has 1 saturated carbocycles. The van der Waals surface area contributed by atoms with E-state index in [1.54, 1.807) is 25.1 Å². The molecular formula is C29H37N5O5S2. The fraction of sp³-hybridized carbons (Fsp3) is 0.448. The third-order valence-corrected chi connectivity index (χ3v) is 9.98. The van der Waals surface area contributed by atoms with Crippen molar-refractivity contribution in [1.82, 2.24) is 19.6 Å². The van der Waals surface area contributed by atoms with E-state index in [-0.39, 0.29) is 18.1 Å². The third-order valence-electron chi connectivity index (χ3n) is 7.19. The number of carbonyl (C=O) groups excluding carboxylic acids is 2. The van der Waals surface area contributed by atoms with E-state index >= 15 is 0 Å². The maximum atomic E-state index is 14.1. The molecule has 0 saturated heterocycles. The maximum absolute atomic E-state index is 14.1. The number of nitrogens with two attached hydrogens (primary N) is 1. The van der Waals surface area contributed by atoms with Crippen molar-refractivity contribution in [2.45, 2.75) is 70.2 Å². The Morgan fingerprint density at radius 3 is 2.51 bits per heavy atom. The fourth-order valence-electron chi connectivity index (χ4n) is 4.58. The highest BCUT2D eigenvalue weighted by Gasteiger charge is 2.54. The first-order valence-electron chi connectivity index (χ1n) is 13.4. The predicted molar refractivity (Wildman–Crippen MR) is 158 cm³/mol. The number of thiazole rings is 1. The van der Waals surface area contributed by atoms with Crippen LogP contribution in [0.15, 0.2) is 42.6 Å². The Bertz CT molecular complexity index is 1520. The number of hydrogen-bond donors (Lipinski definition) is 2. The summed E-state index contributed by atoms with van der Waals surface area (Å²) in [6, 6.07) is 11.9. The number of nitrogens with zero attached hydrogens (tertiary/aromatic N) is 3. The van der Waals surface area contributed by atoms with Gasteiger partial charge in [-0.1, -0.05) is 29.8 Å². The average Bonchev–Trinajstić information content (AvgIpc) is 3.63. The lowest BCUT2D eigenvalue weighted by atomic mass is 9.99. The lowest BCUT2D eigenvalue weighted by molar-refractivity contribution is -0.134. The van der Waals surface area contributed by atoms with E-state index in [4.69, 9.17) is 10.5 Å². The molecule has 0 atom stereocenters. The number of carbonyl (C=O) groups is 2. The minimum absolute atomic E-state index is 0.00272. The summed E-state index contributed by atoms with van der Waals surface area (Å²) >= 11 is 1.26. The molecule has 3 aromatic rings. The Morgan fingerprint density at radius 2 is 1.93 bits per heavy atom. The number of nitrogens with one attached hydrogen (secondary N) is 1. The molecule has 4 rings (SSSR count). The molecule has 0 bridgehead atoms. The summed E-state index contributed by atoms with van der Waals surface area (Å²) in [6.45, 7) is 7.03. The van der Waals surface area contributed by atoms with Crippen molar-refractivity contribution in [3.05, 3.63) is 75.0 Å². The van der Waals surface area contributed by atoms with Gasteiger partial charge >= 0.3 is 0 Å². The number of ether oxygens (including phenoxy) is 1. The van der Waals surface area contributed by atoms with E-state index in [9.17, 15) is 18.0 Å². The number of pyridine rings is 1. The summed E-state index contributed by atoms with van der Waals surface area (Å²) in [7, 11) is -2.54. The highest BCUT2D eigenvalue weighted by molar-refractivity contribution is 7.91. The first kappa shape index (κ1) is 30.6.